The molecule has 2 rings (SSSR count). The van der Waals surface area contributed by atoms with Gasteiger partial charge in [-0.3, -0.25) is 9.89 Å². The minimum Gasteiger partial charge on any atom is -0.481 e. The van der Waals surface area contributed by atoms with Crippen LogP contribution >= 0.6 is 0 Å². The maximum atomic E-state index is 10.7. The summed E-state index contributed by atoms with van der Waals surface area (Å²) in [6.45, 7) is 0.310. The minimum absolute atomic E-state index is 0.0363. The molecule has 0 radical (unpaired) electrons. The van der Waals surface area contributed by atoms with Crippen LogP contribution < -0.4 is 5.73 Å². The highest BCUT2D eigenvalue weighted by Gasteiger charge is 2.16. The lowest BCUT2D eigenvalue weighted by atomic mass is 9.94. The summed E-state index contributed by atoms with van der Waals surface area (Å²) >= 11 is 0. The first-order chi connectivity index (χ1) is 7.72. The summed E-state index contributed by atoms with van der Waals surface area (Å²) in [4.78, 5) is 10.7. The number of hydrogen-bond donors (Lipinski definition) is 3. The maximum Gasteiger partial charge on any atom is 0.304 e. The van der Waals surface area contributed by atoms with Crippen LogP contribution in [0.3, 0.4) is 0 Å². The number of fused-ring (bicyclic) bond motifs is 1. The molecule has 2 aromatic rings. The van der Waals surface area contributed by atoms with Gasteiger partial charge in [0.15, 0.2) is 0 Å². The van der Waals surface area contributed by atoms with Gasteiger partial charge in [0.1, 0.15) is 0 Å². The Morgan fingerprint density at radius 2 is 2.38 bits per heavy atom. The fourth-order valence-corrected chi connectivity index (χ4v) is 1.86. The average molecular weight is 219 g/mol. The third kappa shape index (κ3) is 1.90. The zero-order valence-corrected chi connectivity index (χ0v) is 8.68. The van der Waals surface area contributed by atoms with Crippen LogP contribution in [-0.2, 0) is 4.79 Å². The van der Waals surface area contributed by atoms with Crippen LogP contribution in [-0.4, -0.2) is 27.8 Å². The van der Waals surface area contributed by atoms with Gasteiger partial charge in [0.2, 0.25) is 0 Å². The number of carboxylic acid groups (broad SMARTS) is 1. The summed E-state index contributed by atoms with van der Waals surface area (Å²) < 4.78 is 0. The van der Waals surface area contributed by atoms with Gasteiger partial charge >= 0.3 is 5.97 Å². The third-order valence-corrected chi connectivity index (χ3v) is 2.65. The lowest BCUT2D eigenvalue weighted by molar-refractivity contribution is -0.137. The van der Waals surface area contributed by atoms with Crippen molar-refractivity contribution >= 4 is 16.9 Å². The Hall–Kier alpha value is -1.88. The fraction of sp³-hybridized carbons (Fsp3) is 0.273. The first kappa shape index (κ1) is 10.6. The smallest absolute Gasteiger partial charge is 0.304 e. The number of aromatic amines is 1. The highest BCUT2D eigenvalue weighted by atomic mass is 16.4. The monoisotopic (exact) mass is 219 g/mol. The van der Waals surface area contributed by atoms with E-state index in [0.717, 1.165) is 16.5 Å². The Morgan fingerprint density at radius 3 is 3.06 bits per heavy atom. The van der Waals surface area contributed by atoms with E-state index in [2.05, 4.69) is 10.2 Å². The molecule has 0 amide bonds. The van der Waals surface area contributed by atoms with Crippen LogP contribution in [0.15, 0.2) is 24.4 Å². The van der Waals surface area contributed by atoms with Gasteiger partial charge in [-0.1, -0.05) is 18.2 Å². The summed E-state index contributed by atoms with van der Waals surface area (Å²) in [6.07, 6.45) is 1.75. The SMILES string of the molecule is NCC(CC(=O)O)c1cccc2cn[nH]c12. The zero-order valence-electron chi connectivity index (χ0n) is 8.68. The van der Waals surface area contributed by atoms with E-state index < -0.39 is 5.97 Å². The molecule has 1 heterocycles. The molecule has 0 spiro atoms. The second kappa shape index (κ2) is 4.32. The molecule has 5 nitrogen and oxygen atoms in total. The number of para-hydroxylation sites is 1. The predicted molar refractivity (Wildman–Crippen MR) is 60.1 cm³/mol. The normalized spacial score (nSPS) is 12.8. The summed E-state index contributed by atoms with van der Waals surface area (Å²) in [7, 11) is 0. The van der Waals surface area contributed by atoms with E-state index in [0.29, 0.717) is 6.54 Å². The molecule has 0 aliphatic rings. The van der Waals surface area contributed by atoms with Gasteiger partial charge in [-0.25, -0.2) is 0 Å². The molecule has 0 bridgehead atoms. The summed E-state index contributed by atoms with van der Waals surface area (Å²) in [5, 5.41) is 16.6. The Labute approximate surface area is 92.3 Å². The van der Waals surface area contributed by atoms with Crippen molar-refractivity contribution < 1.29 is 9.90 Å². The zero-order chi connectivity index (χ0) is 11.5. The average Bonchev–Trinajstić information content (AvgIpc) is 2.73. The number of nitrogens with two attached hydrogens (primary N) is 1. The first-order valence-corrected chi connectivity index (χ1v) is 5.06. The lowest BCUT2D eigenvalue weighted by Gasteiger charge is -2.13. The van der Waals surface area contributed by atoms with Crippen molar-refractivity contribution in [3.63, 3.8) is 0 Å². The number of benzene rings is 1. The molecule has 1 aromatic heterocycles. The number of nitrogens with one attached hydrogen (secondary N) is 1. The summed E-state index contributed by atoms with van der Waals surface area (Å²) in [5.74, 6) is -1.02. The number of carbonyl (C=O) groups is 1. The molecule has 4 N–H and O–H groups in total. The molecule has 0 aliphatic carbocycles. The molecule has 5 heteroatoms. The van der Waals surface area contributed by atoms with Gasteiger partial charge in [0.25, 0.3) is 0 Å². The van der Waals surface area contributed by atoms with Crippen LogP contribution in [0, 0.1) is 0 Å². The number of nitrogens with zero attached hydrogens (tertiary/aromatic N) is 1. The molecule has 0 saturated carbocycles. The predicted octanol–water partition coefficient (Wildman–Crippen LogP) is 1.08. The van der Waals surface area contributed by atoms with E-state index >= 15 is 0 Å². The molecule has 0 fully saturated rings. The largest absolute Gasteiger partial charge is 0.481 e. The van der Waals surface area contributed by atoms with Crippen molar-refractivity contribution in [2.75, 3.05) is 6.54 Å². The minimum atomic E-state index is -0.841. The molecule has 84 valence electrons. The molecular formula is C11H13N3O2. The first-order valence-electron chi connectivity index (χ1n) is 5.06. The van der Waals surface area contributed by atoms with Gasteiger partial charge in [0.05, 0.1) is 18.1 Å². The van der Waals surface area contributed by atoms with E-state index in [9.17, 15) is 4.79 Å². The van der Waals surface area contributed by atoms with Crippen molar-refractivity contribution in [2.24, 2.45) is 5.73 Å². The number of H-pyrrole nitrogens is 1. The third-order valence-electron chi connectivity index (χ3n) is 2.65. The number of aromatic nitrogens is 2. The number of rotatable bonds is 4. The molecule has 1 atom stereocenters. The van der Waals surface area contributed by atoms with Crippen LogP contribution in [0.5, 0.6) is 0 Å². The Kier molecular flexibility index (Phi) is 2.87. The van der Waals surface area contributed by atoms with Crippen molar-refractivity contribution in [1.29, 1.82) is 0 Å². The van der Waals surface area contributed by atoms with Gasteiger partial charge in [-0.2, -0.15) is 5.10 Å². The van der Waals surface area contributed by atoms with Gasteiger partial charge in [-0.15, -0.1) is 0 Å². The number of hydrogen-bond acceptors (Lipinski definition) is 3. The summed E-state index contributed by atoms with van der Waals surface area (Å²) in [6, 6.07) is 5.70. The molecule has 16 heavy (non-hydrogen) atoms. The van der Waals surface area contributed by atoms with Crippen LogP contribution in [0.4, 0.5) is 0 Å². The standard InChI is InChI=1S/C11H13N3O2/c12-5-8(4-10(15)16)9-3-1-2-7-6-13-14-11(7)9/h1-3,6,8H,4-5,12H2,(H,13,14)(H,15,16). The van der Waals surface area contributed by atoms with E-state index in [1.54, 1.807) is 6.20 Å². The van der Waals surface area contributed by atoms with Crippen molar-refractivity contribution in [2.45, 2.75) is 12.3 Å². The maximum absolute atomic E-state index is 10.7. The van der Waals surface area contributed by atoms with E-state index in [1.165, 1.54) is 0 Å². The van der Waals surface area contributed by atoms with Crippen LogP contribution in [0.1, 0.15) is 17.9 Å². The van der Waals surface area contributed by atoms with Gasteiger partial charge < -0.3 is 10.8 Å². The quantitative estimate of drug-likeness (QED) is 0.717. The van der Waals surface area contributed by atoms with Crippen molar-refractivity contribution in [3.8, 4) is 0 Å². The molecule has 1 unspecified atom stereocenters. The highest BCUT2D eigenvalue weighted by molar-refractivity contribution is 5.82. The Bertz CT molecular complexity index is 507. The van der Waals surface area contributed by atoms with E-state index in [-0.39, 0.29) is 12.3 Å². The topological polar surface area (TPSA) is 92.0 Å². The van der Waals surface area contributed by atoms with Crippen LogP contribution in [0.2, 0.25) is 0 Å². The number of carboxylic acids is 1. The van der Waals surface area contributed by atoms with Crippen molar-refractivity contribution in [3.05, 3.63) is 30.0 Å². The Balaban J connectivity index is 2.43. The number of aliphatic carboxylic acids is 1. The molecule has 0 aliphatic heterocycles. The fourth-order valence-electron chi connectivity index (χ4n) is 1.86. The Morgan fingerprint density at radius 1 is 1.56 bits per heavy atom. The molecule has 0 saturated heterocycles. The second-order valence-corrected chi connectivity index (χ2v) is 3.71. The van der Waals surface area contributed by atoms with E-state index in [1.807, 2.05) is 18.2 Å². The summed E-state index contributed by atoms with van der Waals surface area (Å²) in [5.41, 5.74) is 7.41. The lowest BCUT2D eigenvalue weighted by Crippen LogP contribution is -2.16. The van der Waals surface area contributed by atoms with Gasteiger partial charge in [-0.05, 0) is 12.1 Å². The molecular weight excluding hydrogens is 206 g/mol. The molecule has 1 aromatic carbocycles. The highest BCUT2D eigenvalue weighted by Crippen LogP contribution is 2.25. The van der Waals surface area contributed by atoms with Crippen molar-refractivity contribution in [1.82, 2.24) is 10.2 Å². The van der Waals surface area contributed by atoms with E-state index in [4.69, 9.17) is 10.8 Å². The van der Waals surface area contributed by atoms with Gasteiger partial charge in [0, 0.05) is 11.3 Å². The second-order valence-electron chi connectivity index (χ2n) is 3.71. The van der Waals surface area contributed by atoms with Crippen LogP contribution in [0.25, 0.3) is 10.9 Å².